The van der Waals surface area contributed by atoms with Gasteiger partial charge in [-0.1, -0.05) is 6.07 Å². The predicted molar refractivity (Wildman–Crippen MR) is 104 cm³/mol. The molecule has 0 unspecified atom stereocenters. The van der Waals surface area contributed by atoms with Crippen molar-refractivity contribution in [2.75, 3.05) is 31.1 Å². The van der Waals surface area contributed by atoms with Crippen LogP contribution in [0.3, 0.4) is 0 Å². The molecule has 0 spiro atoms. The Labute approximate surface area is 160 Å². The van der Waals surface area contributed by atoms with E-state index in [4.69, 9.17) is 0 Å². The van der Waals surface area contributed by atoms with Gasteiger partial charge < -0.3 is 20.4 Å². The highest BCUT2D eigenvalue weighted by Gasteiger charge is 2.31. The summed E-state index contributed by atoms with van der Waals surface area (Å²) in [5, 5.41) is 5.70. The quantitative estimate of drug-likeness (QED) is 0.746. The molecule has 4 amide bonds. The average Bonchev–Trinajstić information content (AvgIpc) is 3.19. The summed E-state index contributed by atoms with van der Waals surface area (Å²) < 4.78 is 0. The summed E-state index contributed by atoms with van der Waals surface area (Å²) in [4.78, 5) is 39.5. The highest BCUT2D eigenvalue weighted by molar-refractivity contribution is 5.96. The van der Waals surface area contributed by atoms with Gasteiger partial charge >= 0.3 is 6.03 Å². The molecule has 7 nitrogen and oxygen atoms in total. The molecular formula is C20H28N4O3. The van der Waals surface area contributed by atoms with Crippen molar-refractivity contribution < 1.29 is 14.4 Å². The second-order valence-corrected chi connectivity index (χ2v) is 7.41. The standard InChI is InChI=1S/C20H28N4O3/c1-14-6-7-17(11-15(14)2)24-13-16(12-19(24)26)22-20(27)21-8-4-10-23-9-3-5-18(23)25/h6-7,11,16H,3-5,8-10,12-13H2,1-2H3,(H2,21,22,27)/t16-/m0/s1. The number of urea groups is 1. The molecule has 1 atom stereocenters. The Balaban J connectivity index is 1.41. The lowest BCUT2D eigenvalue weighted by atomic mass is 10.1. The van der Waals surface area contributed by atoms with E-state index in [0.717, 1.165) is 30.6 Å². The normalized spacial score (nSPS) is 19.7. The van der Waals surface area contributed by atoms with E-state index in [0.29, 0.717) is 32.5 Å². The van der Waals surface area contributed by atoms with Gasteiger partial charge in [0.25, 0.3) is 0 Å². The largest absolute Gasteiger partial charge is 0.343 e. The van der Waals surface area contributed by atoms with E-state index in [9.17, 15) is 14.4 Å². The molecule has 2 saturated heterocycles. The highest BCUT2D eigenvalue weighted by Crippen LogP contribution is 2.24. The monoisotopic (exact) mass is 372 g/mol. The summed E-state index contributed by atoms with van der Waals surface area (Å²) in [6, 6.07) is 5.51. The number of hydrogen-bond donors (Lipinski definition) is 2. The van der Waals surface area contributed by atoms with E-state index < -0.39 is 0 Å². The van der Waals surface area contributed by atoms with Gasteiger partial charge in [-0.25, -0.2) is 4.79 Å². The Hall–Kier alpha value is -2.57. The van der Waals surface area contributed by atoms with E-state index >= 15 is 0 Å². The summed E-state index contributed by atoms with van der Waals surface area (Å²) in [5.41, 5.74) is 3.21. The molecule has 7 heteroatoms. The maximum atomic E-state index is 12.3. The van der Waals surface area contributed by atoms with E-state index in [1.807, 2.05) is 36.9 Å². The number of benzene rings is 1. The summed E-state index contributed by atoms with van der Waals surface area (Å²) in [5.74, 6) is 0.228. The molecule has 0 saturated carbocycles. The SMILES string of the molecule is Cc1ccc(N2C[C@@H](NC(=O)NCCCN3CCCC3=O)CC2=O)cc1C. The maximum Gasteiger partial charge on any atom is 0.315 e. The molecule has 0 radical (unpaired) electrons. The molecule has 1 aromatic carbocycles. The zero-order valence-corrected chi connectivity index (χ0v) is 16.1. The number of nitrogens with zero attached hydrogens (tertiary/aromatic N) is 2. The van der Waals surface area contributed by atoms with Crippen LogP contribution in [0.5, 0.6) is 0 Å². The lowest BCUT2D eigenvalue weighted by Crippen LogP contribution is -2.44. The summed E-state index contributed by atoms with van der Waals surface area (Å²) in [7, 11) is 0. The number of anilines is 1. The molecule has 2 N–H and O–H groups in total. The van der Waals surface area contributed by atoms with Crippen molar-refractivity contribution in [3.8, 4) is 0 Å². The first-order valence-electron chi connectivity index (χ1n) is 9.64. The molecule has 1 aromatic rings. The number of carbonyl (C=O) groups excluding carboxylic acids is 3. The fourth-order valence-corrected chi connectivity index (χ4v) is 3.60. The van der Waals surface area contributed by atoms with E-state index in [1.165, 1.54) is 5.56 Å². The predicted octanol–water partition coefficient (Wildman–Crippen LogP) is 1.72. The molecule has 2 fully saturated rings. The molecule has 2 aliphatic heterocycles. The maximum absolute atomic E-state index is 12.3. The van der Waals surface area contributed by atoms with Crippen LogP contribution in [0, 0.1) is 13.8 Å². The van der Waals surface area contributed by atoms with Gasteiger partial charge in [-0.05, 0) is 49.9 Å². The van der Waals surface area contributed by atoms with Crippen LogP contribution >= 0.6 is 0 Å². The Morgan fingerprint density at radius 1 is 1.19 bits per heavy atom. The molecule has 2 aliphatic rings. The van der Waals surface area contributed by atoms with Crippen molar-refractivity contribution in [2.24, 2.45) is 0 Å². The zero-order valence-electron chi connectivity index (χ0n) is 16.1. The number of rotatable bonds is 6. The van der Waals surface area contributed by atoms with Gasteiger partial charge in [-0.15, -0.1) is 0 Å². The van der Waals surface area contributed by atoms with Gasteiger partial charge in [0.1, 0.15) is 0 Å². The van der Waals surface area contributed by atoms with Crippen molar-refractivity contribution in [3.05, 3.63) is 29.3 Å². The lowest BCUT2D eigenvalue weighted by molar-refractivity contribution is -0.127. The molecular weight excluding hydrogens is 344 g/mol. The molecule has 27 heavy (non-hydrogen) atoms. The van der Waals surface area contributed by atoms with Crippen LogP contribution < -0.4 is 15.5 Å². The number of nitrogens with one attached hydrogen (secondary N) is 2. The molecule has 3 rings (SSSR count). The van der Waals surface area contributed by atoms with Crippen LogP contribution in [-0.4, -0.2) is 55.0 Å². The van der Waals surface area contributed by atoms with Gasteiger partial charge in [0.05, 0.1) is 6.04 Å². The van der Waals surface area contributed by atoms with Gasteiger partial charge in [0, 0.05) is 44.7 Å². The van der Waals surface area contributed by atoms with Crippen LogP contribution in [0.15, 0.2) is 18.2 Å². The summed E-state index contributed by atoms with van der Waals surface area (Å²) in [6.45, 7) is 6.57. The van der Waals surface area contributed by atoms with Gasteiger partial charge in [-0.2, -0.15) is 0 Å². The number of carbonyl (C=O) groups is 3. The minimum atomic E-state index is -0.262. The summed E-state index contributed by atoms with van der Waals surface area (Å²) >= 11 is 0. The average molecular weight is 372 g/mol. The van der Waals surface area contributed by atoms with Gasteiger partial charge in [0.2, 0.25) is 11.8 Å². The van der Waals surface area contributed by atoms with Crippen molar-refractivity contribution in [2.45, 2.75) is 45.6 Å². The van der Waals surface area contributed by atoms with Gasteiger partial charge in [-0.3, -0.25) is 9.59 Å². The van der Waals surface area contributed by atoms with Crippen LogP contribution in [0.4, 0.5) is 10.5 Å². The van der Waals surface area contributed by atoms with Crippen LogP contribution in [0.2, 0.25) is 0 Å². The minimum Gasteiger partial charge on any atom is -0.343 e. The Morgan fingerprint density at radius 3 is 2.70 bits per heavy atom. The van der Waals surface area contributed by atoms with Crippen molar-refractivity contribution in [1.82, 2.24) is 15.5 Å². The van der Waals surface area contributed by atoms with E-state index in [2.05, 4.69) is 10.6 Å². The fourth-order valence-electron chi connectivity index (χ4n) is 3.60. The van der Waals surface area contributed by atoms with Crippen molar-refractivity contribution >= 4 is 23.5 Å². The van der Waals surface area contributed by atoms with Crippen molar-refractivity contribution in [3.63, 3.8) is 0 Å². The first-order chi connectivity index (χ1) is 12.9. The molecule has 0 aliphatic carbocycles. The van der Waals surface area contributed by atoms with E-state index in [1.54, 1.807) is 4.90 Å². The van der Waals surface area contributed by atoms with Crippen molar-refractivity contribution in [1.29, 1.82) is 0 Å². The number of hydrogen-bond acceptors (Lipinski definition) is 3. The molecule has 0 bridgehead atoms. The van der Waals surface area contributed by atoms with Gasteiger partial charge in [0.15, 0.2) is 0 Å². The van der Waals surface area contributed by atoms with E-state index in [-0.39, 0.29) is 23.9 Å². The second kappa shape index (κ2) is 8.41. The summed E-state index contributed by atoms with van der Waals surface area (Å²) in [6.07, 6.45) is 2.61. The van der Waals surface area contributed by atoms with Crippen LogP contribution in [0.25, 0.3) is 0 Å². The third kappa shape index (κ3) is 4.78. The fraction of sp³-hybridized carbons (Fsp3) is 0.550. The van der Waals surface area contributed by atoms with Crippen LogP contribution in [0.1, 0.15) is 36.8 Å². The number of aryl methyl sites for hydroxylation is 2. The first-order valence-corrected chi connectivity index (χ1v) is 9.64. The Kier molecular flexibility index (Phi) is 5.98. The Bertz CT molecular complexity index is 734. The molecule has 2 heterocycles. The minimum absolute atomic E-state index is 0.0242. The lowest BCUT2D eigenvalue weighted by Gasteiger charge is -2.19. The molecule has 146 valence electrons. The number of likely N-dealkylation sites (tertiary alicyclic amines) is 1. The van der Waals surface area contributed by atoms with Crippen LogP contribution in [-0.2, 0) is 9.59 Å². The smallest absolute Gasteiger partial charge is 0.315 e. The third-order valence-corrected chi connectivity index (χ3v) is 5.32. The number of amides is 4. The molecule has 0 aromatic heterocycles. The second-order valence-electron chi connectivity index (χ2n) is 7.41. The topological polar surface area (TPSA) is 81.8 Å². The highest BCUT2D eigenvalue weighted by atomic mass is 16.2. The Morgan fingerprint density at radius 2 is 2.00 bits per heavy atom. The third-order valence-electron chi connectivity index (χ3n) is 5.32. The first kappa shape index (κ1) is 19.2. The zero-order chi connectivity index (χ0) is 19.4.